The molecule has 1 aromatic carbocycles. The average molecular weight is 264 g/mol. The maximum Gasteiger partial charge on any atom is 0.159 e. The molecule has 3 N–H and O–H groups in total. The van der Waals surface area contributed by atoms with Gasteiger partial charge in [-0.25, -0.2) is 8.78 Å². The average Bonchev–Trinajstić information content (AvgIpc) is 2.18. The second kappa shape index (κ2) is 5.76. The predicted molar refractivity (Wildman–Crippen MR) is 63.9 cm³/mol. The Morgan fingerprint density at radius 3 is 2.35 bits per heavy atom. The van der Waals surface area contributed by atoms with Crippen LogP contribution < -0.4 is 5.73 Å². The Kier molecular flexibility index (Phi) is 4.86. The summed E-state index contributed by atoms with van der Waals surface area (Å²) in [6.07, 6.45) is 2.35. The van der Waals surface area contributed by atoms with Gasteiger partial charge in [-0.3, -0.25) is 0 Å². The van der Waals surface area contributed by atoms with Gasteiger partial charge < -0.3 is 10.8 Å². The molecule has 1 fully saturated rings. The van der Waals surface area contributed by atoms with E-state index in [9.17, 15) is 13.9 Å². The zero-order chi connectivity index (χ0) is 11.7. The molecule has 2 rings (SSSR count). The zero-order valence-electron chi connectivity index (χ0n) is 9.27. The Morgan fingerprint density at radius 2 is 1.88 bits per heavy atom. The third-order valence-corrected chi connectivity index (χ3v) is 3.33. The van der Waals surface area contributed by atoms with Crippen molar-refractivity contribution in [1.82, 2.24) is 0 Å². The van der Waals surface area contributed by atoms with E-state index in [1.54, 1.807) is 0 Å². The van der Waals surface area contributed by atoms with Crippen molar-refractivity contribution in [2.75, 3.05) is 0 Å². The summed E-state index contributed by atoms with van der Waals surface area (Å²) in [4.78, 5) is 0. The Balaban J connectivity index is 0.00000144. The lowest BCUT2D eigenvalue weighted by Gasteiger charge is -2.33. The van der Waals surface area contributed by atoms with Crippen LogP contribution in [0.1, 0.15) is 30.9 Å². The first-order valence-electron chi connectivity index (χ1n) is 5.48. The Labute approximate surface area is 105 Å². The first-order chi connectivity index (χ1) is 7.59. The minimum absolute atomic E-state index is 0. The Hall–Kier alpha value is -0.710. The number of rotatable bonds is 3. The van der Waals surface area contributed by atoms with E-state index >= 15 is 0 Å². The summed E-state index contributed by atoms with van der Waals surface area (Å²) in [5.74, 6) is -1.62. The molecule has 0 aliphatic heterocycles. The van der Waals surface area contributed by atoms with Crippen LogP contribution in [0.25, 0.3) is 0 Å². The van der Waals surface area contributed by atoms with Crippen molar-refractivity contribution in [2.24, 2.45) is 11.7 Å². The SMILES string of the molecule is Cl.N[C@@H](c1ccc(F)c(F)c1)[C@H](O)C1CCC1. The van der Waals surface area contributed by atoms with Crippen LogP contribution in [0.15, 0.2) is 18.2 Å². The van der Waals surface area contributed by atoms with E-state index in [2.05, 4.69) is 0 Å². The third kappa shape index (κ3) is 2.94. The van der Waals surface area contributed by atoms with Gasteiger partial charge in [-0.15, -0.1) is 12.4 Å². The van der Waals surface area contributed by atoms with Crippen molar-refractivity contribution in [2.45, 2.75) is 31.4 Å². The molecule has 0 radical (unpaired) electrons. The van der Waals surface area contributed by atoms with Crippen LogP contribution in [0.4, 0.5) is 8.78 Å². The molecule has 0 spiro atoms. The Morgan fingerprint density at radius 1 is 1.24 bits per heavy atom. The molecular weight excluding hydrogens is 248 g/mol. The van der Waals surface area contributed by atoms with E-state index in [0.717, 1.165) is 31.4 Å². The molecule has 2 atom stereocenters. The molecule has 0 amide bonds. The molecule has 1 aromatic rings. The smallest absolute Gasteiger partial charge is 0.159 e. The van der Waals surface area contributed by atoms with E-state index in [1.165, 1.54) is 6.07 Å². The van der Waals surface area contributed by atoms with Gasteiger partial charge in [0.15, 0.2) is 11.6 Å². The second-order valence-corrected chi connectivity index (χ2v) is 4.38. The van der Waals surface area contributed by atoms with Crippen LogP contribution in [0.5, 0.6) is 0 Å². The van der Waals surface area contributed by atoms with E-state index in [0.29, 0.717) is 5.56 Å². The highest BCUT2D eigenvalue weighted by Gasteiger charge is 2.30. The van der Waals surface area contributed by atoms with Gasteiger partial charge in [0.1, 0.15) is 0 Å². The van der Waals surface area contributed by atoms with Gasteiger partial charge in [0.25, 0.3) is 0 Å². The molecule has 1 aliphatic rings. The number of aliphatic hydroxyl groups excluding tert-OH is 1. The number of halogens is 3. The highest BCUT2D eigenvalue weighted by molar-refractivity contribution is 5.85. The van der Waals surface area contributed by atoms with Crippen LogP contribution in [-0.4, -0.2) is 11.2 Å². The second-order valence-electron chi connectivity index (χ2n) is 4.38. The molecular formula is C12H16ClF2NO. The molecule has 0 aromatic heterocycles. The van der Waals surface area contributed by atoms with Crippen molar-refractivity contribution >= 4 is 12.4 Å². The predicted octanol–water partition coefficient (Wildman–Crippen LogP) is 2.55. The fourth-order valence-corrected chi connectivity index (χ4v) is 1.99. The molecule has 5 heteroatoms. The van der Waals surface area contributed by atoms with Crippen LogP contribution >= 0.6 is 12.4 Å². The molecule has 1 saturated carbocycles. The molecule has 2 nitrogen and oxygen atoms in total. The molecule has 0 unspecified atom stereocenters. The fraction of sp³-hybridized carbons (Fsp3) is 0.500. The minimum Gasteiger partial charge on any atom is -0.391 e. The highest BCUT2D eigenvalue weighted by Crippen LogP contribution is 2.34. The standard InChI is InChI=1S/C12H15F2NO.ClH/c13-9-5-4-8(6-10(9)14)11(15)12(16)7-2-1-3-7;/h4-7,11-12,16H,1-3,15H2;1H/t11-,12+;/m0./s1. The highest BCUT2D eigenvalue weighted by atomic mass is 35.5. The third-order valence-electron chi connectivity index (χ3n) is 3.33. The number of benzene rings is 1. The summed E-state index contributed by atoms with van der Waals surface area (Å²) < 4.78 is 25.7. The normalized spacial score (nSPS) is 19.1. The maximum absolute atomic E-state index is 13.0. The summed E-state index contributed by atoms with van der Waals surface area (Å²) in [7, 11) is 0. The molecule has 17 heavy (non-hydrogen) atoms. The lowest BCUT2D eigenvalue weighted by molar-refractivity contribution is 0.0413. The topological polar surface area (TPSA) is 46.2 Å². The van der Waals surface area contributed by atoms with Gasteiger partial charge >= 0.3 is 0 Å². The summed E-state index contributed by atoms with van der Waals surface area (Å²) in [6.45, 7) is 0. The first kappa shape index (κ1) is 14.4. The van der Waals surface area contributed by atoms with Gasteiger partial charge in [-0.05, 0) is 36.5 Å². The van der Waals surface area contributed by atoms with Gasteiger partial charge in [-0.1, -0.05) is 12.5 Å². The van der Waals surface area contributed by atoms with Crippen molar-refractivity contribution in [3.63, 3.8) is 0 Å². The summed E-state index contributed by atoms with van der Waals surface area (Å²) >= 11 is 0. The van der Waals surface area contributed by atoms with Gasteiger partial charge in [-0.2, -0.15) is 0 Å². The van der Waals surface area contributed by atoms with Crippen molar-refractivity contribution < 1.29 is 13.9 Å². The van der Waals surface area contributed by atoms with Gasteiger partial charge in [0.05, 0.1) is 12.1 Å². The number of hydrogen-bond acceptors (Lipinski definition) is 2. The van der Waals surface area contributed by atoms with Crippen LogP contribution in [-0.2, 0) is 0 Å². The minimum atomic E-state index is -0.922. The van der Waals surface area contributed by atoms with Crippen LogP contribution in [0.2, 0.25) is 0 Å². The maximum atomic E-state index is 13.0. The van der Waals surface area contributed by atoms with Crippen molar-refractivity contribution in [1.29, 1.82) is 0 Å². The summed E-state index contributed by atoms with van der Waals surface area (Å²) in [5.41, 5.74) is 6.27. The van der Waals surface area contributed by atoms with Gasteiger partial charge in [0, 0.05) is 0 Å². The van der Waals surface area contributed by atoms with Crippen LogP contribution in [0, 0.1) is 17.6 Å². The number of aliphatic hydroxyl groups is 1. The largest absolute Gasteiger partial charge is 0.391 e. The van der Waals surface area contributed by atoms with E-state index in [-0.39, 0.29) is 18.3 Å². The molecule has 0 heterocycles. The monoisotopic (exact) mass is 263 g/mol. The van der Waals surface area contributed by atoms with E-state index in [1.807, 2.05) is 0 Å². The quantitative estimate of drug-likeness (QED) is 0.880. The van der Waals surface area contributed by atoms with E-state index in [4.69, 9.17) is 5.73 Å². The lowest BCUT2D eigenvalue weighted by Crippen LogP contribution is -2.36. The number of nitrogens with two attached hydrogens (primary N) is 1. The molecule has 0 bridgehead atoms. The first-order valence-corrected chi connectivity index (χ1v) is 5.48. The van der Waals surface area contributed by atoms with Crippen molar-refractivity contribution in [3.05, 3.63) is 35.4 Å². The lowest BCUT2D eigenvalue weighted by atomic mass is 9.77. The van der Waals surface area contributed by atoms with Gasteiger partial charge in [0.2, 0.25) is 0 Å². The molecule has 96 valence electrons. The van der Waals surface area contributed by atoms with E-state index < -0.39 is 23.8 Å². The fourth-order valence-electron chi connectivity index (χ4n) is 1.99. The number of hydrogen-bond donors (Lipinski definition) is 2. The summed E-state index contributed by atoms with van der Waals surface area (Å²) in [5, 5.41) is 9.91. The van der Waals surface area contributed by atoms with Crippen molar-refractivity contribution in [3.8, 4) is 0 Å². The molecule has 1 aliphatic carbocycles. The Bertz CT molecular complexity index is 385. The van der Waals surface area contributed by atoms with Crippen LogP contribution in [0.3, 0.4) is 0 Å². The molecule has 0 saturated heterocycles. The summed E-state index contributed by atoms with van der Waals surface area (Å²) in [6, 6.07) is 2.88. The zero-order valence-corrected chi connectivity index (χ0v) is 10.1.